The van der Waals surface area contributed by atoms with Crippen LogP contribution in [0.25, 0.3) is 0 Å². The number of hydrogen-bond donors (Lipinski definition) is 0. The number of benzene rings is 1. The van der Waals surface area contributed by atoms with Gasteiger partial charge in [-0.15, -0.1) is 0 Å². The maximum atomic E-state index is 4.07. The lowest BCUT2D eigenvalue weighted by Crippen LogP contribution is -2.01. The predicted octanol–water partition coefficient (Wildman–Crippen LogP) is 6.04. The Labute approximate surface area is 130 Å². The summed E-state index contributed by atoms with van der Waals surface area (Å²) in [5.74, 6) is 0.562. The van der Waals surface area contributed by atoms with Gasteiger partial charge in [-0.3, -0.25) is 0 Å². The van der Waals surface area contributed by atoms with Gasteiger partial charge in [-0.25, -0.2) is 0 Å². The van der Waals surface area contributed by atoms with Gasteiger partial charge in [-0.2, -0.15) is 0 Å². The number of rotatable bonds is 6. The summed E-state index contributed by atoms with van der Waals surface area (Å²) in [5, 5.41) is 0. The molecule has 0 N–H and O–H groups in total. The Hall–Kier alpha value is -1.56. The SMILES string of the molecule is C=C(C)C(C)Cc1cccc(CCC2=C(C)CCC=C2)c1. The molecular weight excluding hydrogens is 252 g/mol. The van der Waals surface area contributed by atoms with Gasteiger partial charge in [0.1, 0.15) is 0 Å². The summed E-state index contributed by atoms with van der Waals surface area (Å²) in [6, 6.07) is 9.08. The molecule has 0 radical (unpaired) electrons. The lowest BCUT2D eigenvalue weighted by molar-refractivity contribution is 0.679. The Bertz CT molecular complexity index is 557. The molecule has 0 saturated carbocycles. The highest BCUT2D eigenvalue weighted by molar-refractivity contribution is 5.31. The van der Waals surface area contributed by atoms with Crippen molar-refractivity contribution in [1.29, 1.82) is 0 Å². The van der Waals surface area contributed by atoms with E-state index in [-0.39, 0.29) is 0 Å². The van der Waals surface area contributed by atoms with Crippen LogP contribution in [0.1, 0.15) is 51.2 Å². The number of allylic oxidation sites excluding steroid dienone is 5. The molecular formula is C21H28. The largest absolute Gasteiger partial charge is 0.0999 e. The summed E-state index contributed by atoms with van der Waals surface area (Å²) in [6.07, 6.45) is 10.5. The molecule has 1 aliphatic rings. The van der Waals surface area contributed by atoms with E-state index >= 15 is 0 Å². The molecule has 0 spiro atoms. The van der Waals surface area contributed by atoms with E-state index < -0.39 is 0 Å². The van der Waals surface area contributed by atoms with Gasteiger partial charge in [0.05, 0.1) is 0 Å². The van der Waals surface area contributed by atoms with Crippen molar-refractivity contribution in [3.05, 3.63) is 70.8 Å². The quantitative estimate of drug-likeness (QED) is 0.557. The van der Waals surface area contributed by atoms with Crippen molar-refractivity contribution in [1.82, 2.24) is 0 Å². The van der Waals surface area contributed by atoms with Crippen molar-refractivity contribution in [3.63, 3.8) is 0 Å². The minimum atomic E-state index is 0.562. The maximum absolute atomic E-state index is 4.07. The molecule has 0 heteroatoms. The zero-order valence-corrected chi connectivity index (χ0v) is 13.8. The summed E-state index contributed by atoms with van der Waals surface area (Å²) in [4.78, 5) is 0. The van der Waals surface area contributed by atoms with Crippen molar-refractivity contribution in [3.8, 4) is 0 Å². The molecule has 0 heterocycles. The van der Waals surface area contributed by atoms with Gasteiger partial charge >= 0.3 is 0 Å². The third-order valence-corrected chi connectivity index (χ3v) is 4.61. The molecule has 1 unspecified atom stereocenters. The minimum absolute atomic E-state index is 0.562. The lowest BCUT2D eigenvalue weighted by atomic mass is 9.92. The van der Waals surface area contributed by atoms with Crippen LogP contribution < -0.4 is 0 Å². The molecule has 0 aromatic heterocycles. The summed E-state index contributed by atoms with van der Waals surface area (Å²) >= 11 is 0. The minimum Gasteiger partial charge on any atom is -0.0999 e. The first kappa shape index (κ1) is 15.8. The smallest absolute Gasteiger partial charge is 0.0197 e. The van der Waals surface area contributed by atoms with Crippen LogP contribution >= 0.6 is 0 Å². The van der Waals surface area contributed by atoms with Crippen LogP contribution in [-0.2, 0) is 12.8 Å². The molecule has 0 bridgehead atoms. The first-order valence-corrected chi connectivity index (χ1v) is 8.14. The molecule has 0 saturated heterocycles. The Balaban J connectivity index is 1.98. The normalized spacial score (nSPS) is 16.1. The maximum Gasteiger partial charge on any atom is -0.0197 e. The van der Waals surface area contributed by atoms with Gasteiger partial charge in [0.25, 0.3) is 0 Å². The van der Waals surface area contributed by atoms with Crippen LogP contribution in [0.3, 0.4) is 0 Å². The van der Waals surface area contributed by atoms with E-state index in [4.69, 9.17) is 0 Å². The van der Waals surface area contributed by atoms with E-state index in [0.29, 0.717) is 5.92 Å². The summed E-state index contributed by atoms with van der Waals surface area (Å²) < 4.78 is 0. The summed E-state index contributed by atoms with van der Waals surface area (Å²) in [5.41, 5.74) is 7.29. The lowest BCUT2D eigenvalue weighted by Gasteiger charge is -2.14. The van der Waals surface area contributed by atoms with Gasteiger partial charge in [-0.1, -0.05) is 61.1 Å². The van der Waals surface area contributed by atoms with Crippen molar-refractivity contribution < 1.29 is 0 Å². The van der Waals surface area contributed by atoms with Crippen LogP contribution in [0.15, 0.2) is 59.7 Å². The molecule has 0 nitrogen and oxygen atoms in total. The molecule has 2 rings (SSSR count). The van der Waals surface area contributed by atoms with Gasteiger partial charge in [-0.05, 0) is 68.6 Å². The number of hydrogen-bond acceptors (Lipinski definition) is 0. The van der Waals surface area contributed by atoms with Gasteiger partial charge in [0.15, 0.2) is 0 Å². The molecule has 0 fully saturated rings. The molecule has 1 atom stereocenters. The first-order valence-electron chi connectivity index (χ1n) is 8.14. The van der Waals surface area contributed by atoms with Crippen LogP contribution in [0.5, 0.6) is 0 Å². The van der Waals surface area contributed by atoms with E-state index in [9.17, 15) is 0 Å². The third-order valence-electron chi connectivity index (χ3n) is 4.61. The topological polar surface area (TPSA) is 0 Å². The molecule has 0 amide bonds. The van der Waals surface area contributed by atoms with E-state index in [1.54, 1.807) is 11.1 Å². The predicted molar refractivity (Wildman–Crippen MR) is 93.5 cm³/mol. The monoisotopic (exact) mass is 280 g/mol. The Morgan fingerprint density at radius 3 is 2.71 bits per heavy atom. The van der Waals surface area contributed by atoms with E-state index in [0.717, 1.165) is 12.8 Å². The van der Waals surface area contributed by atoms with Crippen LogP contribution in [-0.4, -0.2) is 0 Å². The highest BCUT2D eigenvalue weighted by Crippen LogP contribution is 2.23. The van der Waals surface area contributed by atoms with Crippen LogP contribution in [0, 0.1) is 5.92 Å². The Kier molecular flexibility index (Phi) is 5.61. The van der Waals surface area contributed by atoms with E-state index in [2.05, 4.69) is 63.8 Å². The number of aryl methyl sites for hydroxylation is 1. The van der Waals surface area contributed by atoms with Crippen molar-refractivity contribution in [2.24, 2.45) is 5.92 Å². The summed E-state index contributed by atoms with van der Waals surface area (Å²) in [6.45, 7) is 10.7. The van der Waals surface area contributed by atoms with E-state index in [1.165, 1.54) is 36.0 Å². The third kappa shape index (κ3) is 4.74. The summed E-state index contributed by atoms with van der Waals surface area (Å²) in [7, 11) is 0. The molecule has 21 heavy (non-hydrogen) atoms. The second-order valence-corrected chi connectivity index (χ2v) is 6.52. The van der Waals surface area contributed by atoms with Gasteiger partial charge in [0.2, 0.25) is 0 Å². The van der Waals surface area contributed by atoms with Gasteiger partial charge in [0, 0.05) is 0 Å². The average Bonchev–Trinajstić information content (AvgIpc) is 2.46. The fraction of sp³-hybridized carbons (Fsp3) is 0.429. The zero-order valence-electron chi connectivity index (χ0n) is 13.8. The molecule has 1 aromatic carbocycles. The van der Waals surface area contributed by atoms with Crippen molar-refractivity contribution >= 4 is 0 Å². The van der Waals surface area contributed by atoms with Crippen molar-refractivity contribution in [2.45, 2.75) is 52.9 Å². The molecule has 1 aliphatic carbocycles. The van der Waals surface area contributed by atoms with E-state index in [1.807, 2.05) is 0 Å². The highest BCUT2D eigenvalue weighted by atomic mass is 14.1. The first-order chi connectivity index (χ1) is 10.1. The van der Waals surface area contributed by atoms with Crippen LogP contribution in [0.4, 0.5) is 0 Å². The average molecular weight is 280 g/mol. The second-order valence-electron chi connectivity index (χ2n) is 6.52. The fourth-order valence-electron chi connectivity index (χ4n) is 2.84. The highest BCUT2D eigenvalue weighted by Gasteiger charge is 2.07. The molecule has 0 aliphatic heterocycles. The Morgan fingerprint density at radius 2 is 2.00 bits per heavy atom. The Morgan fingerprint density at radius 1 is 1.24 bits per heavy atom. The fourth-order valence-corrected chi connectivity index (χ4v) is 2.84. The van der Waals surface area contributed by atoms with Crippen molar-refractivity contribution in [2.75, 3.05) is 0 Å². The molecule has 1 aromatic rings. The standard InChI is InChI=1S/C21H28/c1-16(2)18(4)14-20-10-7-9-19(15-20)12-13-21-11-6-5-8-17(21)3/h6-7,9-11,15,18H,1,5,8,12-14H2,2-4H3. The van der Waals surface area contributed by atoms with Gasteiger partial charge < -0.3 is 0 Å². The second kappa shape index (κ2) is 7.45. The zero-order chi connectivity index (χ0) is 15.2. The van der Waals surface area contributed by atoms with Crippen LogP contribution in [0.2, 0.25) is 0 Å². The molecule has 112 valence electrons.